The summed E-state index contributed by atoms with van der Waals surface area (Å²) in [6.45, 7) is 4.69. The van der Waals surface area contributed by atoms with Crippen LogP contribution in [-0.2, 0) is 14.3 Å². The fraction of sp³-hybridized carbons (Fsp3) is 0.286. The number of hydrogen-bond acceptors (Lipinski definition) is 7. The van der Waals surface area contributed by atoms with Gasteiger partial charge in [0.05, 0.1) is 7.11 Å². The number of nitrogens with zero attached hydrogens (tertiary/aromatic N) is 2. The number of para-hydroxylation sites is 1. The van der Waals surface area contributed by atoms with E-state index in [4.69, 9.17) is 18.9 Å². The largest absolute Gasteiger partial charge is 0.493 e. The minimum atomic E-state index is -0.803. The molecule has 2 aromatic rings. The molecule has 29 heavy (non-hydrogen) atoms. The second kappa shape index (κ2) is 8.64. The molecule has 3 rings (SSSR count). The van der Waals surface area contributed by atoms with E-state index in [1.54, 1.807) is 18.2 Å². The number of hydrogen-bond donors (Lipinski definition) is 0. The first-order chi connectivity index (χ1) is 13.9. The van der Waals surface area contributed by atoms with E-state index in [1.165, 1.54) is 26.0 Å². The summed E-state index contributed by atoms with van der Waals surface area (Å²) >= 11 is 0. The third kappa shape index (κ3) is 4.66. The highest BCUT2D eigenvalue weighted by Crippen LogP contribution is 2.35. The summed E-state index contributed by atoms with van der Waals surface area (Å²) in [6.07, 6.45) is -0.803. The van der Waals surface area contributed by atoms with Crippen molar-refractivity contribution in [3.05, 3.63) is 53.6 Å². The van der Waals surface area contributed by atoms with Gasteiger partial charge in [0.2, 0.25) is 18.0 Å². The average Bonchev–Trinajstić information content (AvgIpc) is 3.11. The molecule has 8 nitrogen and oxygen atoms in total. The van der Waals surface area contributed by atoms with Crippen LogP contribution in [0.2, 0.25) is 0 Å². The molecule has 0 radical (unpaired) electrons. The average molecular weight is 398 g/mol. The van der Waals surface area contributed by atoms with Gasteiger partial charge < -0.3 is 18.9 Å². The maximum Gasteiger partial charge on any atom is 0.308 e. The number of carbonyl (C=O) groups excluding carboxylic acids is 2. The van der Waals surface area contributed by atoms with E-state index in [1.807, 2.05) is 31.2 Å². The molecule has 0 N–H and O–H groups in total. The van der Waals surface area contributed by atoms with Crippen molar-refractivity contribution in [3.8, 4) is 17.2 Å². The molecule has 0 aromatic heterocycles. The van der Waals surface area contributed by atoms with Gasteiger partial charge in [-0.3, -0.25) is 9.59 Å². The van der Waals surface area contributed by atoms with Crippen LogP contribution < -0.4 is 14.2 Å². The summed E-state index contributed by atoms with van der Waals surface area (Å²) in [4.78, 5) is 23.5. The Hall–Kier alpha value is -3.55. The smallest absolute Gasteiger partial charge is 0.308 e. The first-order valence-electron chi connectivity index (χ1n) is 8.97. The molecule has 0 aliphatic carbocycles. The molecule has 1 aliphatic rings. The molecular formula is C21H22N2O6. The van der Waals surface area contributed by atoms with E-state index in [-0.39, 0.29) is 24.2 Å². The Kier molecular flexibility index (Phi) is 6.01. The van der Waals surface area contributed by atoms with E-state index in [0.29, 0.717) is 17.1 Å². The zero-order valence-corrected chi connectivity index (χ0v) is 16.7. The molecule has 1 amide bonds. The van der Waals surface area contributed by atoms with Crippen molar-refractivity contribution in [1.82, 2.24) is 5.01 Å². The van der Waals surface area contributed by atoms with E-state index < -0.39 is 12.2 Å². The van der Waals surface area contributed by atoms with Crippen LogP contribution in [0.5, 0.6) is 17.2 Å². The van der Waals surface area contributed by atoms with Crippen LogP contribution >= 0.6 is 0 Å². The molecule has 1 atom stereocenters. The topological polar surface area (TPSA) is 86.7 Å². The summed E-state index contributed by atoms with van der Waals surface area (Å²) < 4.78 is 22.0. The normalized spacial score (nSPS) is 15.4. The first kappa shape index (κ1) is 20.2. The number of methoxy groups -OCH3 is 1. The van der Waals surface area contributed by atoms with E-state index >= 15 is 0 Å². The van der Waals surface area contributed by atoms with E-state index in [0.717, 1.165) is 5.56 Å². The van der Waals surface area contributed by atoms with Crippen molar-refractivity contribution < 1.29 is 28.5 Å². The van der Waals surface area contributed by atoms with Gasteiger partial charge in [0.15, 0.2) is 18.1 Å². The summed E-state index contributed by atoms with van der Waals surface area (Å²) in [5.74, 6) is 0.802. The minimum absolute atomic E-state index is 0.0676. The molecule has 2 aromatic carbocycles. The molecule has 0 saturated carbocycles. The second-order valence-corrected chi connectivity index (χ2v) is 6.39. The van der Waals surface area contributed by atoms with Crippen LogP contribution in [0.4, 0.5) is 0 Å². The number of aryl methyl sites for hydroxylation is 1. The number of hydrazone groups is 1. The van der Waals surface area contributed by atoms with Gasteiger partial charge in [-0.25, -0.2) is 0 Å². The summed E-state index contributed by atoms with van der Waals surface area (Å²) in [7, 11) is 1.47. The third-order valence-corrected chi connectivity index (χ3v) is 4.18. The van der Waals surface area contributed by atoms with Gasteiger partial charge in [0, 0.05) is 19.4 Å². The molecular weight excluding hydrogens is 376 g/mol. The fourth-order valence-corrected chi connectivity index (χ4v) is 2.82. The highest BCUT2D eigenvalue weighted by atomic mass is 16.6. The number of ether oxygens (including phenoxy) is 4. The van der Waals surface area contributed by atoms with Gasteiger partial charge in [-0.15, -0.1) is 5.10 Å². The summed E-state index contributed by atoms with van der Waals surface area (Å²) in [5.41, 5.74) is 1.55. The highest BCUT2D eigenvalue weighted by Gasteiger charge is 2.33. The predicted molar refractivity (Wildman–Crippen MR) is 105 cm³/mol. The molecule has 0 saturated heterocycles. The monoisotopic (exact) mass is 398 g/mol. The number of amides is 1. The van der Waals surface area contributed by atoms with Crippen LogP contribution in [0.1, 0.15) is 31.2 Å². The highest BCUT2D eigenvalue weighted by molar-refractivity contribution is 5.83. The molecule has 0 fully saturated rings. The SMILES string of the molecule is COc1ccc([C@@H]2OC(COc3ccccc3C)=NN2C(C)=O)cc1OC(C)=O. The van der Waals surface area contributed by atoms with Crippen molar-refractivity contribution in [2.24, 2.45) is 5.10 Å². The van der Waals surface area contributed by atoms with E-state index in [9.17, 15) is 9.59 Å². The Morgan fingerprint density at radius 3 is 2.52 bits per heavy atom. The van der Waals surface area contributed by atoms with Gasteiger partial charge in [-0.1, -0.05) is 18.2 Å². The Labute approximate surface area is 168 Å². The van der Waals surface area contributed by atoms with Crippen LogP contribution in [0.3, 0.4) is 0 Å². The lowest BCUT2D eigenvalue weighted by molar-refractivity contribution is -0.135. The van der Waals surface area contributed by atoms with Crippen molar-refractivity contribution in [1.29, 1.82) is 0 Å². The van der Waals surface area contributed by atoms with Crippen molar-refractivity contribution in [3.63, 3.8) is 0 Å². The Morgan fingerprint density at radius 2 is 1.86 bits per heavy atom. The van der Waals surface area contributed by atoms with Gasteiger partial charge in [0.25, 0.3) is 0 Å². The van der Waals surface area contributed by atoms with Crippen LogP contribution in [0, 0.1) is 6.92 Å². The van der Waals surface area contributed by atoms with Gasteiger partial charge in [-0.05, 0) is 36.8 Å². The molecule has 0 bridgehead atoms. The number of benzene rings is 2. The quantitative estimate of drug-likeness (QED) is 0.549. The molecule has 1 aliphatic heterocycles. The van der Waals surface area contributed by atoms with Crippen LogP contribution in [-0.4, -0.2) is 36.5 Å². The standard InChI is InChI=1S/C21H22N2O6/c1-13-7-5-6-8-17(13)27-12-20-22-23(14(2)24)21(29-20)16-9-10-18(26-4)19(11-16)28-15(3)25/h5-11,21H,12H2,1-4H3/t21-/m0/s1. The lowest BCUT2D eigenvalue weighted by Gasteiger charge is -2.20. The third-order valence-electron chi connectivity index (χ3n) is 4.18. The maximum absolute atomic E-state index is 12.1. The second-order valence-electron chi connectivity index (χ2n) is 6.39. The molecule has 0 unspecified atom stereocenters. The van der Waals surface area contributed by atoms with E-state index in [2.05, 4.69) is 5.10 Å². The fourth-order valence-electron chi connectivity index (χ4n) is 2.82. The number of esters is 1. The summed E-state index contributed by atoms with van der Waals surface area (Å²) in [5, 5.41) is 5.46. The minimum Gasteiger partial charge on any atom is -0.493 e. The van der Waals surface area contributed by atoms with Crippen LogP contribution in [0.15, 0.2) is 47.6 Å². The van der Waals surface area contributed by atoms with Crippen molar-refractivity contribution in [2.45, 2.75) is 27.0 Å². The number of rotatable bonds is 6. The zero-order valence-electron chi connectivity index (χ0n) is 16.7. The van der Waals surface area contributed by atoms with Gasteiger partial charge in [-0.2, -0.15) is 5.01 Å². The molecule has 1 heterocycles. The zero-order chi connectivity index (χ0) is 21.0. The Morgan fingerprint density at radius 1 is 1.10 bits per heavy atom. The first-order valence-corrected chi connectivity index (χ1v) is 8.97. The Bertz CT molecular complexity index is 956. The van der Waals surface area contributed by atoms with Gasteiger partial charge in [0.1, 0.15) is 5.75 Å². The van der Waals surface area contributed by atoms with Crippen molar-refractivity contribution in [2.75, 3.05) is 13.7 Å². The lowest BCUT2D eigenvalue weighted by atomic mass is 10.1. The lowest BCUT2D eigenvalue weighted by Crippen LogP contribution is -2.25. The predicted octanol–water partition coefficient (Wildman–Crippen LogP) is 3.20. The molecule has 8 heteroatoms. The Balaban J connectivity index is 1.80. The van der Waals surface area contributed by atoms with Crippen LogP contribution in [0.25, 0.3) is 0 Å². The molecule has 152 valence electrons. The van der Waals surface area contributed by atoms with Crippen molar-refractivity contribution >= 4 is 17.8 Å². The summed E-state index contributed by atoms with van der Waals surface area (Å²) in [6, 6.07) is 12.5. The molecule has 0 spiro atoms. The number of carbonyl (C=O) groups is 2. The van der Waals surface area contributed by atoms with Gasteiger partial charge >= 0.3 is 5.97 Å². The maximum atomic E-state index is 12.1.